The second-order valence-electron chi connectivity index (χ2n) is 35.1. The molecule has 0 saturated carbocycles. The molecule has 2 atom stereocenters. The number of hydrogen-bond donors (Lipinski definition) is 0. The zero-order valence-corrected chi connectivity index (χ0v) is 83.6. The summed E-state index contributed by atoms with van der Waals surface area (Å²) in [6.45, 7) is 75.8. The second-order valence-corrected chi connectivity index (χ2v) is 35.1. The van der Waals surface area contributed by atoms with E-state index in [2.05, 4.69) is 489 Å². The summed E-state index contributed by atoms with van der Waals surface area (Å²) in [5.41, 5.74) is 29.4. The van der Waals surface area contributed by atoms with Gasteiger partial charge in [-0.15, -0.1) is 0 Å². The molecule has 0 aliphatic carbocycles. The molecule has 0 N–H and O–H groups in total. The van der Waals surface area contributed by atoms with E-state index in [4.69, 9.17) is 0 Å². The van der Waals surface area contributed by atoms with Crippen molar-refractivity contribution in [3.05, 3.63) is 378 Å². The van der Waals surface area contributed by atoms with Gasteiger partial charge in [-0.1, -0.05) is 505 Å². The predicted octanol–water partition coefficient (Wildman–Crippen LogP) is 37.9. The Bertz CT molecular complexity index is 4340. The minimum Gasteiger partial charge on any atom is -0.0683 e. The monoisotopic (exact) mass is 1620 g/mol. The third-order valence-corrected chi connectivity index (χ3v) is 19.9. The van der Waals surface area contributed by atoms with Crippen molar-refractivity contribution in [2.24, 2.45) is 11.8 Å². The largest absolute Gasteiger partial charge is 0.0683 e. The summed E-state index contributed by atoms with van der Waals surface area (Å²) in [6.07, 6.45) is 15.2. The van der Waals surface area contributed by atoms with Gasteiger partial charge < -0.3 is 0 Å². The van der Waals surface area contributed by atoms with E-state index in [1.54, 1.807) is 0 Å². The van der Waals surface area contributed by atoms with Gasteiger partial charge in [0.05, 0.1) is 0 Å². The van der Waals surface area contributed by atoms with E-state index in [0.717, 1.165) is 17.8 Å². The minimum atomic E-state index is 0.285. The lowest BCUT2D eigenvalue weighted by Gasteiger charge is -2.18. The van der Waals surface area contributed by atoms with Crippen molar-refractivity contribution in [3.63, 3.8) is 0 Å². The van der Waals surface area contributed by atoms with Crippen LogP contribution in [0.3, 0.4) is 0 Å². The molecule has 0 fully saturated rings. The van der Waals surface area contributed by atoms with E-state index in [-0.39, 0.29) is 5.41 Å². The number of hydrogen-bond acceptors (Lipinski definition) is 0. The Morgan fingerprint density at radius 2 is 0.633 bits per heavy atom. The zero-order chi connectivity index (χ0) is 91.1. The number of rotatable bonds is 13. The van der Waals surface area contributed by atoms with Crippen LogP contribution in [0.5, 0.6) is 0 Å². The smallest absolute Gasteiger partial charge is 0.0132 e. The van der Waals surface area contributed by atoms with Crippen molar-refractivity contribution in [2.45, 2.75) is 337 Å². The van der Waals surface area contributed by atoms with Crippen LogP contribution in [-0.4, -0.2) is 0 Å². The van der Waals surface area contributed by atoms with E-state index in [9.17, 15) is 0 Å². The summed E-state index contributed by atoms with van der Waals surface area (Å²) in [5, 5.41) is 5.33. The molecule has 0 spiro atoms. The molecular weight excluding hydrogens is 1440 g/mol. The number of unbranched alkanes of at least 4 members (excludes halogenated alkanes) is 2. The normalized spacial score (nSPS) is 10.4. The lowest BCUT2D eigenvalue weighted by atomic mass is 9.87. The third-order valence-electron chi connectivity index (χ3n) is 19.9. The first-order valence-corrected chi connectivity index (χ1v) is 46.3. The Morgan fingerprint density at radius 1 is 0.283 bits per heavy atom. The van der Waals surface area contributed by atoms with Crippen LogP contribution in [-0.2, 0) is 24.7 Å². The van der Waals surface area contributed by atoms with Crippen LogP contribution in [0, 0.1) is 116 Å². The fourth-order valence-electron chi connectivity index (χ4n) is 12.1. The summed E-state index contributed by atoms with van der Waals surface area (Å²) < 4.78 is 0. The molecule has 2 unspecified atom stereocenters. The Morgan fingerprint density at radius 3 is 1.01 bits per heavy atom. The van der Waals surface area contributed by atoms with Crippen LogP contribution >= 0.6 is 0 Å². The molecule has 0 saturated heterocycles. The highest BCUT2D eigenvalue weighted by atomic mass is 14.2. The Balaban J connectivity index is 0. The van der Waals surface area contributed by atoms with Gasteiger partial charge in [-0.05, 0) is 242 Å². The molecule has 0 aliphatic heterocycles. The highest BCUT2D eigenvalue weighted by Gasteiger charge is 2.12. The van der Waals surface area contributed by atoms with Gasteiger partial charge in [0.2, 0.25) is 0 Å². The summed E-state index contributed by atoms with van der Waals surface area (Å²) in [4.78, 5) is 0. The Hall–Kier alpha value is -8.84. The minimum absolute atomic E-state index is 0.285. The maximum Gasteiger partial charge on any atom is -0.0132 e. The van der Waals surface area contributed by atoms with Crippen molar-refractivity contribution < 1.29 is 0 Å². The number of benzene rings is 12. The first-order valence-electron chi connectivity index (χ1n) is 46.3. The molecule has 12 aromatic rings. The van der Waals surface area contributed by atoms with E-state index in [1.807, 2.05) is 13.8 Å². The summed E-state index contributed by atoms with van der Waals surface area (Å²) >= 11 is 0. The Kier molecular flexibility index (Phi) is 63.9. The second kappa shape index (κ2) is 67.8. The average molecular weight is 1620 g/mol. The molecule has 0 nitrogen and oxygen atoms in total. The first kappa shape index (κ1) is 113. The highest BCUT2D eigenvalue weighted by molar-refractivity contribution is 5.85. The molecule has 12 aromatic carbocycles. The van der Waals surface area contributed by atoms with Gasteiger partial charge in [0.15, 0.2) is 0 Å². The third kappa shape index (κ3) is 55.9. The fourth-order valence-corrected chi connectivity index (χ4v) is 12.1. The average Bonchev–Trinajstić information content (AvgIpc) is 0.857. The van der Waals surface area contributed by atoms with Crippen LogP contribution in [0.25, 0.3) is 21.5 Å². The van der Waals surface area contributed by atoms with E-state index >= 15 is 0 Å². The van der Waals surface area contributed by atoms with Gasteiger partial charge >= 0.3 is 0 Å². The molecule has 0 amide bonds. The summed E-state index contributed by atoms with van der Waals surface area (Å²) in [6, 6.07) is 93.5. The van der Waals surface area contributed by atoms with E-state index < -0.39 is 0 Å². The van der Waals surface area contributed by atoms with E-state index in [0.29, 0.717) is 5.92 Å². The topological polar surface area (TPSA) is 0 Å². The maximum atomic E-state index is 2.31. The molecule has 0 heterocycles. The molecule has 0 radical (unpaired) electrons. The van der Waals surface area contributed by atoms with Gasteiger partial charge in [0.25, 0.3) is 0 Å². The van der Waals surface area contributed by atoms with Crippen molar-refractivity contribution in [3.8, 4) is 0 Å². The zero-order valence-electron chi connectivity index (χ0n) is 83.6. The molecule has 0 aliphatic rings. The molecule has 0 aromatic heterocycles. The molecule has 656 valence electrons. The maximum absolute atomic E-state index is 2.31. The molecule has 120 heavy (non-hydrogen) atoms. The highest BCUT2D eigenvalue weighted by Crippen LogP contribution is 2.24. The van der Waals surface area contributed by atoms with E-state index in [1.165, 1.54) is 215 Å². The first-order chi connectivity index (χ1) is 56.9. The van der Waals surface area contributed by atoms with Crippen LogP contribution < -0.4 is 0 Å². The summed E-state index contributed by atoms with van der Waals surface area (Å²) in [7, 11) is 0. The molecule has 0 heteroatoms. The standard InChI is InChI=1S/2C12H18.2C11H10.2C11H16.3C10H14.C9H12.2C4H10.C3H8.C2H6/c1-4-10(2)9-12-7-5-11(3)6-8-12;1-4-5-11(3)12-8-6-10(2)7-9-12;1-9-5-4-7-10-6-2-3-8-11(9)10;1-9-6-7-10-4-2-3-5-11(10)8-9;1-9-5-7-10(8-6-9)11(2,3)4;1-3-4-5-11-8-6-10(2)7-9-11;1-7-5-8(2)10(4)9(3)6-7;1-8(2)10-6-4-9(3)5-7-10;1-3-4-10-7-5-9(2)6-8-10;1-7-4-8(2)6-9(3)5-7;1-4(2)3;1-3-4-2;1-3-2;1-2/h5-8,10H,4,9H2,1-3H3;6-9,11H,4-5H2,1-3H3;2*2-8H,1H3;5-8H,1-4H3;6-9H,3-5H2,1-2H3;5-6H,1-4H3;4-8H,1-3H3;5-8H,3-4H2,1-2H3;4-6H,1-3H3;4H,1-3H3;3-4H2,1-2H3;3H2,1-2H3;1-2H3. The fraction of sp³-hybridized carbons (Fsp3) is 0.433. The van der Waals surface area contributed by atoms with Crippen molar-refractivity contribution >= 4 is 21.5 Å². The SMILES string of the molecule is CC.CC(C)C.CCC.CCC(C)Cc1ccc(C)cc1.CCCC.CCCC(C)c1ccc(C)cc1.CCCCc1ccc(C)cc1.CCCc1ccc(C)cc1.Cc1cc(C)c(C)c(C)c1.Cc1cc(C)cc(C)c1.Cc1ccc(C(C)(C)C)cc1.Cc1ccc(C(C)C)cc1.Cc1ccc2ccccc2c1.Cc1cccc2ccccc12. The van der Waals surface area contributed by atoms with Gasteiger partial charge in [-0.25, -0.2) is 0 Å². The quantitative estimate of drug-likeness (QED) is 0.108. The van der Waals surface area contributed by atoms with Crippen LogP contribution in [0.4, 0.5) is 0 Å². The van der Waals surface area contributed by atoms with Gasteiger partial charge in [0.1, 0.15) is 0 Å². The molecule has 12 rings (SSSR count). The van der Waals surface area contributed by atoms with Gasteiger partial charge in [-0.3, -0.25) is 0 Å². The number of fused-ring (bicyclic) bond motifs is 2. The number of aryl methyl sites for hydroxylation is 16. The van der Waals surface area contributed by atoms with Crippen LogP contribution in [0.2, 0.25) is 0 Å². The van der Waals surface area contributed by atoms with Crippen LogP contribution in [0.1, 0.15) is 325 Å². The predicted molar refractivity (Wildman–Crippen MR) is 551 cm³/mol. The van der Waals surface area contributed by atoms with Crippen molar-refractivity contribution in [2.75, 3.05) is 0 Å². The molecular formula is C120H176. The van der Waals surface area contributed by atoms with Crippen molar-refractivity contribution in [1.29, 1.82) is 0 Å². The summed E-state index contributed by atoms with van der Waals surface area (Å²) in [5.74, 6) is 3.02. The molecule has 0 bridgehead atoms. The van der Waals surface area contributed by atoms with Crippen molar-refractivity contribution in [1.82, 2.24) is 0 Å². The van der Waals surface area contributed by atoms with Gasteiger partial charge in [-0.2, -0.15) is 0 Å². The Labute approximate surface area is 742 Å². The lowest BCUT2D eigenvalue weighted by Crippen LogP contribution is -2.10. The van der Waals surface area contributed by atoms with Gasteiger partial charge in [0, 0.05) is 0 Å². The van der Waals surface area contributed by atoms with Crippen LogP contribution in [0.15, 0.2) is 261 Å². The lowest BCUT2D eigenvalue weighted by molar-refractivity contribution is 0.560.